The molecule has 0 aliphatic carbocycles. The predicted molar refractivity (Wildman–Crippen MR) is 118 cm³/mol. The van der Waals surface area contributed by atoms with Crippen LogP contribution in [0.5, 0.6) is 5.75 Å². The molecule has 0 unspecified atom stereocenters. The molecule has 0 spiro atoms. The first-order chi connectivity index (χ1) is 14.6. The third-order valence-electron chi connectivity index (χ3n) is 4.54. The van der Waals surface area contributed by atoms with Gasteiger partial charge in [-0.1, -0.05) is 12.1 Å². The van der Waals surface area contributed by atoms with E-state index in [0.717, 1.165) is 32.7 Å². The number of hydrazone groups is 1. The van der Waals surface area contributed by atoms with Gasteiger partial charge in [0, 0.05) is 29.0 Å². The minimum atomic E-state index is -0.532. The van der Waals surface area contributed by atoms with Crippen LogP contribution in [0, 0.1) is 13.8 Å². The van der Waals surface area contributed by atoms with Crippen LogP contribution in [0.4, 0.5) is 0 Å². The zero-order chi connectivity index (χ0) is 21.1. The summed E-state index contributed by atoms with van der Waals surface area (Å²) < 4.78 is 7.17. The Kier molecular flexibility index (Phi) is 5.49. The Labute approximate surface area is 177 Å². The molecule has 30 heavy (non-hydrogen) atoms. The monoisotopic (exact) mass is 420 g/mol. The molecule has 0 aliphatic heterocycles. The van der Waals surface area contributed by atoms with Crippen molar-refractivity contribution in [3.8, 4) is 11.4 Å². The lowest BCUT2D eigenvalue weighted by Gasteiger charge is -2.07. The fraction of sp³-hybridized carbons (Fsp3) is 0.136. The highest BCUT2D eigenvalue weighted by Crippen LogP contribution is 2.36. The van der Waals surface area contributed by atoms with Crippen molar-refractivity contribution < 1.29 is 14.4 Å². The summed E-state index contributed by atoms with van der Waals surface area (Å²) in [6.07, 6.45) is 5.31. The fourth-order valence-corrected chi connectivity index (χ4v) is 4.45. The Hall–Kier alpha value is -3.65. The first kappa shape index (κ1) is 19.7. The molecular weight excluding hydrogens is 400 g/mol. The summed E-state index contributed by atoms with van der Waals surface area (Å²) >= 11 is 1.30. The lowest BCUT2D eigenvalue weighted by atomic mass is 10.1. The molecule has 4 aromatic rings. The second-order valence-corrected chi connectivity index (χ2v) is 7.61. The number of methoxy groups -OCH3 is 1. The van der Waals surface area contributed by atoms with Gasteiger partial charge in [0.2, 0.25) is 0 Å². The average Bonchev–Trinajstić information content (AvgIpc) is 3.38. The minimum Gasteiger partial charge on any atom is -0.496 e. The molecule has 3 heterocycles. The highest BCUT2D eigenvalue weighted by atomic mass is 32.1. The number of thiophene rings is 1. The van der Waals surface area contributed by atoms with Gasteiger partial charge in [0.15, 0.2) is 0 Å². The topological polar surface area (TPSA) is 77.7 Å². The van der Waals surface area contributed by atoms with E-state index in [1.165, 1.54) is 17.6 Å². The van der Waals surface area contributed by atoms with Crippen molar-refractivity contribution in [3.63, 3.8) is 0 Å². The van der Waals surface area contributed by atoms with E-state index < -0.39 is 5.97 Å². The van der Waals surface area contributed by atoms with E-state index in [1.807, 2.05) is 73.3 Å². The lowest BCUT2D eigenvalue weighted by Crippen LogP contribution is -2.15. The number of carbonyl (C=O) groups is 1. The molecule has 8 heteroatoms. The number of benzene rings is 1. The van der Waals surface area contributed by atoms with Gasteiger partial charge in [-0.3, -0.25) is 0 Å². The molecular formula is C22H20N4O3S. The summed E-state index contributed by atoms with van der Waals surface area (Å²) in [4.78, 5) is 23.9. The van der Waals surface area contributed by atoms with E-state index in [1.54, 1.807) is 7.11 Å². The van der Waals surface area contributed by atoms with Gasteiger partial charge in [0.25, 0.3) is 0 Å². The van der Waals surface area contributed by atoms with Crippen LogP contribution in [0.3, 0.4) is 0 Å². The number of para-hydroxylation sites is 1. The summed E-state index contributed by atoms with van der Waals surface area (Å²) in [6.45, 7) is 3.95. The Bertz CT molecular complexity index is 1230. The first-order valence-corrected chi connectivity index (χ1v) is 10.1. The summed E-state index contributed by atoms with van der Waals surface area (Å²) in [5.41, 5.74) is 5.84. The van der Waals surface area contributed by atoms with Crippen LogP contribution in [0.15, 0.2) is 60.0 Å². The predicted octanol–water partition coefficient (Wildman–Crippen LogP) is 4.41. The SMILES string of the molecule is COc1ccccc1C=NNOC(=O)c1sc2nc(C)cc(C)c2c1-n1cccc1. The number of aromatic nitrogens is 2. The van der Waals surface area contributed by atoms with Gasteiger partial charge >= 0.3 is 5.97 Å². The quantitative estimate of drug-likeness (QED) is 0.369. The molecule has 0 fully saturated rings. The standard InChI is InChI=1S/C22H20N4O3S/c1-14-12-15(2)24-21-18(14)19(26-10-6-7-11-26)20(30-21)22(27)29-25-23-13-16-8-4-5-9-17(16)28-3/h4-13,25H,1-3H3. The maximum atomic E-state index is 12.8. The molecule has 0 aliphatic rings. The number of nitrogens with zero attached hydrogens (tertiary/aromatic N) is 3. The van der Waals surface area contributed by atoms with E-state index in [0.29, 0.717) is 10.6 Å². The van der Waals surface area contributed by atoms with Crippen LogP contribution in [0.2, 0.25) is 0 Å². The molecule has 0 radical (unpaired) electrons. The maximum Gasteiger partial charge on any atom is 0.376 e. The molecule has 1 aromatic carbocycles. The van der Waals surface area contributed by atoms with Crippen molar-refractivity contribution >= 4 is 33.7 Å². The number of rotatable bonds is 6. The van der Waals surface area contributed by atoms with Gasteiger partial charge in [-0.25, -0.2) is 9.78 Å². The summed E-state index contributed by atoms with van der Waals surface area (Å²) in [5.74, 6) is 0.140. The van der Waals surface area contributed by atoms with E-state index in [9.17, 15) is 4.79 Å². The minimum absolute atomic E-state index is 0.447. The second-order valence-electron chi connectivity index (χ2n) is 6.61. The summed E-state index contributed by atoms with van der Waals surface area (Å²) in [7, 11) is 1.59. The highest BCUT2D eigenvalue weighted by molar-refractivity contribution is 7.21. The Morgan fingerprint density at radius 1 is 1.20 bits per heavy atom. The van der Waals surface area contributed by atoms with Crippen molar-refractivity contribution in [3.05, 3.63) is 76.6 Å². The molecule has 0 saturated carbocycles. The van der Waals surface area contributed by atoms with E-state index in [4.69, 9.17) is 9.57 Å². The smallest absolute Gasteiger partial charge is 0.376 e. The third kappa shape index (κ3) is 3.77. The van der Waals surface area contributed by atoms with Crippen molar-refractivity contribution in [1.82, 2.24) is 15.1 Å². The number of pyridine rings is 1. The second kappa shape index (κ2) is 8.38. The zero-order valence-electron chi connectivity index (χ0n) is 16.7. The normalized spacial score (nSPS) is 11.2. The van der Waals surface area contributed by atoms with Crippen LogP contribution in [0.1, 0.15) is 26.5 Å². The van der Waals surface area contributed by atoms with E-state index in [-0.39, 0.29) is 0 Å². The van der Waals surface area contributed by atoms with Gasteiger partial charge in [-0.2, -0.15) is 5.10 Å². The number of carbonyl (C=O) groups excluding carboxylic acids is 1. The Balaban J connectivity index is 1.61. The lowest BCUT2D eigenvalue weighted by molar-refractivity contribution is 0.0268. The van der Waals surface area contributed by atoms with Crippen LogP contribution < -0.4 is 10.3 Å². The molecule has 0 saturated heterocycles. The van der Waals surface area contributed by atoms with Gasteiger partial charge in [-0.05, 0) is 49.7 Å². The Morgan fingerprint density at radius 3 is 2.73 bits per heavy atom. The molecule has 152 valence electrons. The summed E-state index contributed by atoms with van der Waals surface area (Å²) in [5, 5.41) is 4.91. The number of ether oxygens (including phenoxy) is 1. The maximum absolute atomic E-state index is 12.8. The van der Waals surface area contributed by atoms with Gasteiger partial charge < -0.3 is 14.1 Å². The van der Waals surface area contributed by atoms with Crippen LogP contribution in [0.25, 0.3) is 15.9 Å². The molecule has 4 rings (SSSR count). The van der Waals surface area contributed by atoms with Crippen molar-refractivity contribution in [2.24, 2.45) is 5.10 Å². The van der Waals surface area contributed by atoms with Crippen molar-refractivity contribution in [2.75, 3.05) is 7.11 Å². The highest BCUT2D eigenvalue weighted by Gasteiger charge is 2.23. The number of fused-ring (bicyclic) bond motifs is 1. The number of hydrogen-bond donors (Lipinski definition) is 1. The van der Waals surface area contributed by atoms with Crippen molar-refractivity contribution in [2.45, 2.75) is 13.8 Å². The summed E-state index contributed by atoms with van der Waals surface area (Å²) in [6, 6.07) is 13.2. The number of nitrogens with one attached hydrogen (secondary N) is 1. The van der Waals surface area contributed by atoms with Crippen molar-refractivity contribution in [1.29, 1.82) is 0 Å². The van der Waals surface area contributed by atoms with E-state index >= 15 is 0 Å². The number of hydrogen-bond acceptors (Lipinski definition) is 7. The fourth-order valence-electron chi connectivity index (χ4n) is 3.27. The average molecular weight is 420 g/mol. The van der Waals surface area contributed by atoms with Crippen LogP contribution in [-0.4, -0.2) is 28.8 Å². The first-order valence-electron chi connectivity index (χ1n) is 9.25. The Morgan fingerprint density at radius 2 is 1.97 bits per heavy atom. The van der Waals surface area contributed by atoms with Crippen LogP contribution >= 0.6 is 11.3 Å². The number of aryl methyl sites for hydroxylation is 2. The molecule has 0 bridgehead atoms. The third-order valence-corrected chi connectivity index (χ3v) is 5.60. The van der Waals surface area contributed by atoms with Gasteiger partial charge in [0.1, 0.15) is 15.5 Å². The van der Waals surface area contributed by atoms with Gasteiger partial charge in [-0.15, -0.1) is 16.9 Å². The molecule has 3 aromatic heterocycles. The molecule has 7 nitrogen and oxygen atoms in total. The van der Waals surface area contributed by atoms with E-state index in [2.05, 4.69) is 15.7 Å². The largest absolute Gasteiger partial charge is 0.496 e. The molecule has 1 N–H and O–H groups in total. The molecule has 0 amide bonds. The van der Waals surface area contributed by atoms with Crippen LogP contribution in [-0.2, 0) is 4.84 Å². The van der Waals surface area contributed by atoms with Gasteiger partial charge in [0.05, 0.1) is 19.0 Å². The zero-order valence-corrected chi connectivity index (χ0v) is 17.6. The molecule has 0 atom stereocenters.